The minimum Gasteiger partial charge on any atom is -0.468 e. The second kappa shape index (κ2) is 15.8. The fraction of sp³-hybridized carbons (Fsp3) is 0.380. The lowest BCUT2D eigenvalue weighted by molar-refractivity contribution is 0.332. The third-order valence-corrected chi connectivity index (χ3v) is 21.0. The predicted molar refractivity (Wildman–Crippen MR) is 329 cm³/mol. The monoisotopic (exact) mass is 1030 g/mol. The van der Waals surface area contributed by atoms with Gasteiger partial charge in [-0.25, -0.2) is 0 Å². The maximum atomic E-state index is 7.67. The Hall–Kier alpha value is -6.11. The summed E-state index contributed by atoms with van der Waals surface area (Å²) in [5, 5.41) is 1.18. The van der Waals surface area contributed by atoms with Gasteiger partial charge in [0.15, 0.2) is 0 Å². The molecule has 8 aromatic rings. The van der Waals surface area contributed by atoms with E-state index in [1.165, 1.54) is 117 Å². The Morgan fingerprint density at radius 3 is 1.64 bits per heavy atom. The zero-order valence-electron chi connectivity index (χ0n) is 48.4. The van der Waals surface area contributed by atoms with Crippen molar-refractivity contribution in [2.75, 3.05) is 14.7 Å². The molecule has 14 rings (SSSR count). The third-order valence-electron chi connectivity index (χ3n) is 19.9. The molecule has 4 bridgehead atoms. The Kier molecular flexibility index (Phi) is 10.1. The van der Waals surface area contributed by atoms with Crippen LogP contribution < -0.4 is 31.3 Å². The number of fused-ring (bicyclic) bond motifs is 12. The van der Waals surface area contributed by atoms with E-state index in [0.29, 0.717) is 0 Å². The van der Waals surface area contributed by atoms with Gasteiger partial charge in [0, 0.05) is 43.6 Å². The summed E-state index contributed by atoms with van der Waals surface area (Å²) in [4.78, 5) is 10.5. The highest BCUT2D eigenvalue weighted by molar-refractivity contribution is 7.99. The molecule has 0 radical (unpaired) electrons. The fourth-order valence-corrected chi connectivity index (χ4v) is 16.3. The summed E-state index contributed by atoms with van der Waals surface area (Å²) in [5.74, 6) is 0. The van der Waals surface area contributed by atoms with Crippen LogP contribution in [0.4, 0.5) is 51.2 Å². The Labute approximate surface area is 463 Å². The lowest BCUT2D eigenvalue weighted by atomic mass is 9.35. The summed E-state index contributed by atoms with van der Waals surface area (Å²) in [6.45, 7) is 36.6. The van der Waals surface area contributed by atoms with Gasteiger partial charge < -0.3 is 19.1 Å². The highest BCUT2D eigenvalue weighted by Crippen LogP contribution is 2.58. The lowest BCUT2D eigenvalue weighted by Crippen LogP contribution is -2.61. The van der Waals surface area contributed by atoms with E-state index in [0.717, 1.165) is 42.6 Å². The molecular formula is C71H76BN3OS. The molecule has 4 aliphatic heterocycles. The second-order valence-electron chi connectivity index (χ2n) is 29.1. The second-order valence-corrected chi connectivity index (χ2v) is 30.2. The first-order valence-electron chi connectivity index (χ1n) is 28.7. The smallest absolute Gasteiger partial charge is 0.297 e. The molecule has 0 fully saturated rings. The van der Waals surface area contributed by atoms with Crippen LogP contribution in [0.25, 0.3) is 11.0 Å². The minimum atomic E-state index is -0.183. The molecule has 6 heteroatoms. The van der Waals surface area contributed by atoms with Gasteiger partial charge in [0.2, 0.25) is 0 Å². The van der Waals surface area contributed by atoms with E-state index in [4.69, 9.17) is 4.42 Å². The third kappa shape index (κ3) is 7.18. The number of furan rings is 1. The van der Waals surface area contributed by atoms with Gasteiger partial charge >= 0.3 is 0 Å². The Balaban J connectivity index is 1.18. The largest absolute Gasteiger partial charge is 0.468 e. The summed E-state index contributed by atoms with van der Waals surface area (Å²) >= 11 is 1.87. The summed E-state index contributed by atoms with van der Waals surface area (Å²) in [6.07, 6.45) is 5.60. The maximum absolute atomic E-state index is 7.67. The topological polar surface area (TPSA) is 22.9 Å². The van der Waals surface area contributed by atoms with Crippen molar-refractivity contribution in [3.8, 4) is 0 Å². The number of anilines is 9. The minimum absolute atomic E-state index is 0.00406. The van der Waals surface area contributed by atoms with Gasteiger partial charge in [0.25, 0.3) is 6.71 Å². The summed E-state index contributed by atoms with van der Waals surface area (Å²) in [7, 11) is 0. The highest BCUT2D eigenvalue weighted by atomic mass is 32.2. The SMILES string of the molecule is CC(C)(C)c1cc2cc(c1)C(C)(C)CC(C)(C)c1ccc3oc4c(c3c1)N2c1cc(N2c3ccccc3Sc3ccccc32)cc2c1B4c1cc3c(cc1N2c1ccc2c(c1)C(C)(C)CCC2(C)C)C(C)(C)CCC3(C)C. The van der Waals surface area contributed by atoms with Gasteiger partial charge in [-0.1, -0.05) is 164 Å². The van der Waals surface area contributed by atoms with Crippen LogP contribution in [0, 0.1) is 0 Å². The van der Waals surface area contributed by atoms with E-state index < -0.39 is 0 Å². The first-order valence-corrected chi connectivity index (χ1v) is 29.6. The van der Waals surface area contributed by atoms with Crippen molar-refractivity contribution < 1.29 is 4.42 Å². The summed E-state index contributed by atoms with van der Waals surface area (Å²) in [5.41, 5.74) is 25.1. The molecule has 5 heterocycles. The Bertz CT molecular complexity index is 3810. The highest BCUT2D eigenvalue weighted by Gasteiger charge is 2.51. The first-order chi connectivity index (χ1) is 36.2. The van der Waals surface area contributed by atoms with Crippen LogP contribution in [0.15, 0.2) is 142 Å². The fourth-order valence-electron chi connectivity index (χ4n) is 15.2. The van der Waals surface area contributed by atoms with Gasteiger partial charge in [0.1, 0.15) is 5.58 Å². The van der Waals surface area contributed by atoms with E-state index in [-0.39, 0.29) is 44.6 Å². The molecular weight excluding hydrogens is 954 g/mol. The molecule has 4 nitrogen and oxygen atoms in total. The van der Waals surface area contributed by atoms with E-state index in [1.54, 1.807) is 0 Å². The van der Waals surface area contributed by atoms with E-state index in [1.807, 2.05) is 11.8 Å². The Morgan fingerprint density at radius 2 is 1.00 bits per heavy atom. The van der Waals surface area contributed by atoms with Crippen LogP contribution in [0.5, 0.6) is 0 Å². The van der Waals surface area contributed by atoms with Crippen molar-refractivity contribution >= 4 is 97.2 Å². The van der Waals surface area contributed by atoms with E-state index >= 15 is 0 Å². The molecule has 2 aliphatic carbocycles. The molecule has 6 aliphatic rings. The van der Waals surface area contributed by atoms with E-state index in [2.05, 4.69) is 246 Å². The van der Waals surface area contributed by atoms with Gasteiger partial charge in [-0.15, -0.1) is 0 Å². The van der Waals surface area contributed by atoms with Crippen molar-refractivity contribution in [2.45, 2.75) is 184 Å². The molecule has 7 aromatic carbocycles. The molecule has 77 heavy (non-hydrogen) atoms. The average Bonchev–Trinajstić information content (AvgIpc) is 3.95. The van der Waals surface area contributed by atoms with E-state index in [9.17, 15) is 0 Å². The van der Waals surface area contributed by atoms with Crippen LogP contribution in [-0.4, -0.2) is 6.71 Å². The summed E-state index contributed by atoms with van der Waals surface area (Å²) in [6, 6.07) is 50.8. The summed E-state index contributed by atoms with van der Waals surface area (Å²) < 4.78 is 7.67. The lowest BCUT2D eigenvalue weighted by Gasteiger charge is -2.47. The molecule has 0 unspecified atom stereocenters. The number of rotatable bonds is 2. The first kappa shape index (κ1) is 49.2. The van der Waals surface area contributed by atoms with Crippen molar-refractivity contribution in [1.29, 1.82) is 0 Å². The molecule has 0 amide bonds. The van der Waals surface area contributed by atoms with Crippen molar-refractivity contribution in [1.82, 2.24) is 0 Å². The molecule has 0 atom stereocenters. The molecule has 1 aromatic heterocycles. The Morgan fingerprint density at radius 1 is 0.455 bits per heavy atom. The standard InChI is InChI=1S/C71H76BN3OS/c1-65(2,3)43-32-44-34-46(33-43)75-58-38-47(74-54-20-16-18-22-60(54)77-61-23-19-17-21-55(61)74)37-57-62(58)72(64-63(75)48-35-42(24-27-59(48)76-64)70(12,13)41-71(44,14)15)53-39-51-52(69(10,11)31-30-68(51,8)9)40-56(53)73(57)45-25-26-49-50(36-45)67(6,7)29-28-66(49,4)5/h16-27,32-40H,28-31,41H2,1-15H3. The normalized spacial score (nSPS) is 20.1. The average molecular weight is 1030 g/mol. The van der Waals surface area contributed by atoms with Gasteiger partial charge in [-0.2, -0.15) is 0 Å². The molecule has 0 spiro atoms. The molecule has 390 valence electrons. The van der Waals surface area contributed by atoms with Gasteiger partial charge in [0.05, 0.1) is 28.4 Å². The number of hydrogen-bond acceptors (Lipinski definition) is 5. The molecule has 0 saturated carbocycles. The van der Waals surface area contributed by atoms with Crippen LogP contribution >= 0.6 is 11.8 Å². The van der Waals surface area contributed by atoms with Crippen LogP contribution in [0.1, 0.15) is 175 Å². The van der Waals surface area contributed by atoms with Gasteiger partial charge in [-0.3, -0.25) is 0 Å². The molecule has 0 saturated heterocycles. The van der Waals surface area contributed by atoms with Crippen LogP contribution in [-0.2, 0) is 37.9 Å². The van der Waals surface area contributed by atoms with Crippen molar-refractivity contribution in [2.24, 2.45) is 0 Å². The maximum Gasteiger partial charge on any atom is 0.297 e. The van der Waals surface area contributed by atoms with Crippen LogP contribution in [0.2, 0.25) is 0 Å². The number of hydrogen-bond donors (Lipinski definition) is 0. The zero-order chi connectivity index (χ0) is 53.9. The molecule has 0 N–H and O–H groups in total. The van der Waals surface area contributed by atoms with Gasteiger partial charge in [-0.05, 0) is 199 Å². The zero-order valence-corrected chi connectivity index (χ0v) is 49.2. The van der Waals surface area contributed by atoms with Crippen LogP contribution in [0.3, 0.4) is 0 Å². The van der Waals surface area contributed by atoms with Crippen molar-refractivity contribution in [3.63, 3.8) is 0 Å². The number of para-hydroxylation sites is 2. The quantitative estimate of drug-likeness (QED) is 0.161. The predicted octanol–water partition coefficient (Wildman–Crippen LogP) is 18.4. The number of benzene rings is 7. The van der Waals surface area contributed by atoms with Crippen molar-refractivity contribution in [3.05, 3.63) is 166 Å². The number of nitrogens with zero attached hydrogens (tertiary/aromatic N) is 3.